The molecule has 0 bridgehead atoms. The van der Waals surface area contributed by atoms with Crippen molar-refractivity contribution in [3.8, 4) is 0 Å². The number of nitrogens with one attached hydrogen (secondary N) is 1. The van der Waals surface area contributed by atoms with Crippen LogP contribution in [-0.2, 0) is 13.0 Å². The topological polar surface area (TPSA) is 42.7 Å². The lowest BCUT2D eigenvalue weighted by Crippen LogP contribution is -2.20. The maximum Gasteiger partial charge on any atom is 0.0827 e. The Labute approximate surface area is 119 Å². The van der Waals surface area contributed by atoms with Crippen LogP contribution in [0.5, 0.6) is 0 Å². The van der Waals surface area contributed by atoms with Crippen LogP contribution >= 0.6 is 0 Å². The Morgan fingerprint density at radius 3 is 2.53 bits per heavy atom. The highest BCUT2D eigenvalue weighted by Gasteiger charge is 1.99. The average Bonchev–Trinajstić information content (AvgIpc) is 2.87. The van der Waals surface area contributed by atoms with Gasteiger partial charge in [0.2, 0.25) is 0 Å². The molecule has 0 saturated carbocycles. The molecule has 19 heavy (non-hydrogen) atoms. The number of aryl methyl sites for hydroxylation is 2. The monoisotopic (exact) mass is 268 g/mol. The highest BCUT2D eigenvalue weighted by molar-refractivity contribution is 4.91. The summed E-state index contributed by atoms with van der Waals surface area (Å²) in [6, 6.07) is 0. The van der Waals surface area contributed by atoms with E-state index in [9.17, 15) is 0 Å². The zero-order chi connectivity index (χ0) is 14.5. The summed E-state index contributed by atoms with van der Waals surface area (Å²) in [5.74, 6) is 0.749. The Hall–Kier alpha value is -0.900. The third kappa shape index (κ3) is 9.65. The molecule has 0 radical (unpaired) electrons. The minimum Gasteiger partial charge on any atom is -0.316 e. The molecule has 0 spiro atoms. The van der Waals surface area contributed by atoms with Gasteiger partial charge in [-0.2, -0.15) is 0 Å². The van der Waals surface area contributed by atoms with Crippen LogP contribution in [0.1, 0.15) is 59.6 Å². The van der Waals surface area contributed by atoms with Crippen LogP contribution in [0.2, 0.25) is 0 Å². The third-order valence-electron chi connectivity index (χ3n) is 2.75. The SMILES string of the molecule is CC.CCn1cc(CCCCCNCC(C)C)nn1. The van der Waals surface area contributed by atoms with Crippen molar-refractivity contribution in [2.45, 2.75) is 66.8 Å². The first kappa shape index (κ1) is 18.1. The summed E-state index contributed by atoms with van der Waals surface area (Å²) in [5.41, 5.74) is 1.13. The van der Waals surface area contributed by atoms with Crippen molar-refractivity contribution < 1.29 is 0 Å². The van der Waals surface area contributed by atoms with E-state index in [-0.39, 0.29) is 0 Å². The Balaban J connectivity index is 0.00000154. The second-order valence-corrected chi connectivity index (χ2v) is 4.97. The maximum atomic E-state index is 4.14. The summed E-state index contributed by atoms with van der Waals surface area (Å²) in [4.78, 5) is 0. The summed E-state index contributed by atoms with van der Waals surface area (Å²) in [6.45, 7) is 13.7. The van der Waals surface area contributed by atoms with Gasteiger partial charge < -0.3 is 5.32 Å². The van der Waals surface area contributed by atoms with Crippen LogP contribution in [-0.4, -0.2) is 28.1 Å². The van der Waals surface area contributed by atoms with Gasteiger partial charge in [-0.3, -0.25) is 4.68 Å². The molecule has 0 aliphatic rings. The maximum absolute atomic E-state index is 4.14. The van der Waals surface area contributed by atoms with E-state index in [1.165, 1.54) is 19.3 Å². The van der Waals surface area contributed by atoms with Gasteiger partial charge in [0.25, 0.3) is 0 Å². The summed E-state index contributed by atoms with van der Waals surface area (Å²) >= 11 is 0. The predicted octanol–water partition coefficient (Wildman–Crippen LogP) is 3.28. The Morgan fingerprint density at radius 1 is 1.21 bits per heavy atom. The van der Waals surface area contributed by atoms with Crippen LogP contribution in [0.15, 0.2) is 6.20 Å². The van der Waals surface area contributed by atoms with E-state index in [0.717, 1.165) is 37.7 Å². The number of hydrogen-bond acceptors (Lipinski definition) is 3. The summed E-state index contributed by atoms with van der Waals surface area (Å²) < 4.78 is 1.89. The molecule has 0 atom stereocenters. The molecule has 1 aromatic rings. The fourth-order valence-corrected chi connectivity index (χ4v) is 1.73. The Morgan fingerprint density at radius 2 is 1.95 bits per heavy atom. The van der Waals surface area contributed by atoms with Crippen molar-refractivity contribution >= 4 is 0 Å². The van der Waals surface area contributed by atoms with Gasteiger partial charge in [-0.15, -0.1) is 5.10 Å². The molecule has 4 heteroatoms. The van der Waals surface area contributed by atoms with Gasteiger partial charge in [-0.1, -0.05) is 39.3 Å². The molecule has 112 valence electrons. The molecule has 0 aliphatic carbocycles. The van der Waals surface area contributed by atoms with Gasteiger partial charge in [-0.25, -0.2) is 0 Å². The van der Waals surface area contributed by atoms with Gasteiger partial charge in [0.05, 0.1) is 5.69 Å². The fraction of sp³-hybridized carbons (Fsp3) is 0.867. The Kier molecular flexibility index (Phi) is 11.6. The average molecular weight is 268 g/mol. The first-order chi connectivity index (χ1) is 9.22. The van der Waals surface area contributed by atoms with Gasteiger partial charge >= 0.3 is 0 Å². The van der Waals surface area contributed by atoms with Gasteiger partial charge in [0.15, 0.2) is 0 Å². The number of nitrogens with zero attached hydrogens (tertiary/aromatic N) is 3. The third-order valence-corrected chi connectivity index (χ3v) is 2.75. The zero-order valence-corrected chi connectivity index (χ0v) is 13.4. The van der Waals surface area contributed by atoms with E-state index in [1.807, 2.05) is 18.5 Å². The standard InChI is InChI=1S/C13H26N4.C2H6/c1-4-17-11-13(15-16-17)8-6-5-7-9-14-10-12(2)3;1-2/h11-12,14H,4-10H2,1-3H3;1-2H3. The lowest BCUT2D eigenvalue weighted by Gasteiger charge is -2.06. The van der Waals surface area contributed by atoms with E-state index in [2.05, 4.69) is 42.6 Å². The number of hydrogen-bond donors (Lipinski definition) is 1. The van der Waals surface area contributed by atoms with Crippen LogP contribution in [0.4, 0.5) is 0 Å². The first-order valence-corrected chi connectivity index (χ1v) is 7.82. The van der Waals surface area contributed by atoms with Crippen molar-refractivity contribution in [1.82, 2.24) is 20.3 Å². The molecule has 1 aromatic heterocycles. The van der Waals surface area contributed by atoms with Crippen molar-refractivity contribution in [1.29, 1.82) is 0 Å². The van der Waals surface area contributed by atoms with Crippen molar-refractivity contribution in [2.24, 2.45) is 5.92 Å². The van der Waals surface area contributed by atoms with Crippen LogP contribution in [0, 0.1) is 5.92 Å². The van der Waals surface area contributed by atoms with Crippen LogP contribution in [0.25, 0.3) is 0 Å². The smallest absolute Gasteiger partial charge is 0.0827 e. The predicted molar refractivity (Wildman–Crippen MR) is 82.3 cm³/mol. The first-order valence-electron chi connectivity index (χ1n) is 7.82. The lowest BCUT2D eigenvalue weighted by atomic mass is 10.1. The molecular formula is C15H32N4. The van der Waals surface area contributed by atoms with Gasteiger partial charge in [-0.05, 0) is 45.2 Å². The van der Waals surface area contributed by atoms with Crippen molar-refractivity contribution in [2.75, 3.05) is 13.1 Å². The molecule has 4 nitrogen and oxygen atoms in total. The molecule has 1 rings (SSSR count). The highest BCUT2D eigenvalue weighted by atomic mass is 15.4. The number of aromatic nitrogens is 3. The Bertz CT molecular complexity index is 294. The lowest BCUT2D eigenvalue weighted by molar-refractivity contribution is 0.529. The van der Waals surface area contributed by atoms with E-state index >= 15 is 0 Å². The second-order valence-electron chi connectivity index (χ2n) is 4.97. The van der Waals surface area contributed by atoms with E-state index in [0.29, 0.717) is 0 Å². The molecule has 1 N–H and O–H groups in total. The van der Waals surface area contributed by atoms with E-state index in [4.69, 9.17) is 0 Å². The van der Waals surface area contributed by atoms with Crippen molar-refractivity contribution in [3.05, 3.63) is 11.9 Å². The largest absolute Gasteiger partial charge is 0.316 e. The van der Waals surface area contributed by atoms with Gasteiger partial charge in [0.1, 0.15) is 0 Å². The molecule has 0 saturated heterocycles. The summed E-state index contributed by atoms with van der Waals surface area (Å²) in [7, 11) is 0. The minimum atomic E-state index is 0.749. The number of unbranched alkanes of at least 4 members (excludes halogenated alkanes) is 2. The van der Waals surface area contributed by atoms with Crippen molar-refractivity contribution in [3.63, 3.8) is 0 Å². The van der Waals surface area contributed by atoms with Gasteiger partial charge in [0, 0.05) is 12.7 Å². The molecule has 0 unspecified atom stereocenters. The minimum absolute atomic E-state index is 0.749. The van der Waals surface area contributed by atoms with Crippen LogP contribution < -0.4 is 5.32 Å². The normalized spacial score (nSPS) is 10.4. The number of rotatable bonds is 9. The summed E-state index contributed by atoms with van der Waals surface area (Å²) in [5, 5.41) is 11.6. The van der Waals surface area contributed by atoms with E-state index in [1.54, 1.807) is 0 Å². The fourth-order valence-electron chi connectivity index (χ4n) is 1.73. The van der Waals surface area contributed by atoms with E-state index < -0.39 is 0 Å². The molecule has 1 heterocycles. The second kappa shape index (κ2) is 12.2. The zero-order valence-electron chi connectivity index (χ0n) is 13.4. The van der Waals surface area contributed by atoms with Crippen LogP contribution in [0.3, 0.4) is 0 Å². The summed E-state index contributed by atoms with van der Waals surface area (Å²) in [6.07, 6.45) is 6.85. The molecular weight excluding hydrogens is 236 g/mol. The molecule has 0 aromatic carbocycles. The molecule has 0 amide bonds. The molecule has 0 fully saturated rings. The molecule has 0 aliphatic heterocycles. The quantitative estimate of drug-likeness (QED) is 0.699. The highest BCUT2D eigenvalue weighted by Crippen LogP contribution is 2.03.